The van der Waals surface area contributed by atoms with E-state index in [1.165, 1.54) is 12.0 Å². The van der Waals surface area contributed by atoms with Crippen molar-refractivity contribution in [1.29, 1.82) is 0 Å². The number of benzene rings is 1. The molecule has 1 aromatic rings. The van der Waals surface area contributed by atoms with Crippen LogP contribution in [0.15, 0.2) is 22.7 Å². The molecule has 0 aliphatic rings. The second-order valence-corrected chi connectivity index (χ2v) is 5.66. The zero-order chi connectivity index (χ0) is 13.5. The van der Waals surface area contributed by atoms with Gasteiger partial charge in [-0.15, -0.1) is 0 Å². The second-order valence-electron chi connectivity index (χ2n) is 4.81. The van der Waals surface area contributed by atoms with Gasteiger partial charge in [0.2, 0.25) is 0 Å². The molecule has 0 N–H and O–H groups in total. The molecule has 3 heteroatoms. The molecule has 0 heterocycles. The van der Waals surface area contributed by atoms with Gasteiger partial charge < -0.3 is 4.74 Å². The minimum atomic E-state index is 0.756. The zero-order valence-electron chi connectivity index (χ0n) is 11.9. The van der Waals surface area contributed by atoms with Crippen LogP contribution in [-0.4, -0.2) is 25.1 Å². The maximum absolute atomic E-state index is 5.25. The molecular weight excluding hydrogens is 290 g/mol. The van der Waals surface area contributed by atoms with Gasteiger partial charge >= 0.3 is 0 Å². The second kappa shape index (κ2) is 7.80. The fourth-order valence-electron chi connectivity index (χ4n) is 1.94. The maximum Gasteiger partial charge on any atom is 0.133 e. The van der Waals surface area contributed by atoms with Gasteiger partial charge in [0.1, 0.15) is 5.75 Å². The summed E-state index contributed by atoms with van der Waals surface area (Å²) < 4.78 is 6.28. The van der Waals surface area contributed by atoms with Crippen molar-refractivity contribution in [2.24, 2.45) is 5.92 Å². The van der Waals surface area contributed by atoms with E-state index in [0.29, 0.717) is 0 Å². The van der Waals surface area contributed by atoms with E-state index < -0.39 is 0 Å². The third-order valence-corrected chi connectivity index (χ3v) is 3.96. The lowest BCUT2D eigenvalue weighted by molar-refractivity contribution is 0.238. The van der Waals surface area contributed by atoms with Crippen molar-refractivity contribution in [3.63, 3.8) is 0 Å². The standard InChI is InChI=1S/C15H24BrNO/c1-5-12(3)10-17(6-2)11-13-7-8-15(18-4)14(16)9-13/h7-9,12H,5-6,10-11H2,1-4H3. The number of hydrogen-bond acceptors (Lipinski definition) is 2. The largest absolute Gasteiger partial charge is 0.496 e. The van der Waals surface area contributed by atoms with Gasteiger partial charge in [-0.05, 0) is 46.1 Å². The molecule has 1 unspecified atom stereocenters. The Bertz CT molecular complexity index is 368. The van der Waals surface area contributed by atoms with E-state index in [0.717, 1.165) is 35.8 Å². The van der Waals surface area contributed by atoms with Gasteiger partial charge in [-0.25, -0.2) is 0 Å². The van der Waals surface area contributed by atoms with Crippen LogP contribution in [0.2, 0.25) is 0 Å². The van der Waals surface area contributed by atoms with Crippen LogP contribution in [0.4, 0.5) is 0 Å². The summed E-state index contributed by atoms with van der Waals surface area (Å²) in [5.41, 5.74) is 1.33. The molecule has 18 heavy (non-hydrogen) atoms. The van der Waals surface area contributed by atoms with Crippen molar-refractivity contribution in [2.45, 2.75) is 33.7 Å². The van der Waals surface area contributed by atoms with Crippen LogP contribution in [-0.2, 0) is 6.54 Å². The average Bonchev–Trinajstić information content (AvgIpc) is 2.38. The Labute approximate surface area is 119 Å². The summed E-state index contributed by atoms with van der Waals surface area (Å²) >= 11 is 3.54. The molecule has 1 rings (SSSR count). The lowest BCUT2D eigenvalue weighted by Crippen LogP contribution is -2.27. The minimum Gasteiger partial charge on any atom is -0.496 e. The highest BCUT2D eigenvalue weighted by molar-refractivity contribution is 9.10. The number of ether oxygens (including phenoxy) is 1. The monoisotopic (exact) mass is 313 g/mol. The third-order valence-electron chi connectivity index (χ3n) is 3.34. The maximum atomic E-state index is 5.25. The van der Waals surface area contributed by atoms with E-state index >= 15 is 0 Å². The summed E-state index contributed by atoms with van der Waals surface area (Å²) in [6.07, 6.45) is 1.24. The van der Waals surface area contributed by atoms with E-state index in [1.807, 2.05) is 6.07 Å². The highest BCUT2D eigenvalue weighted by Gasteiger charge is 2.09. The first-order valence-corrected chi connectivity index (χ1v) is 7.44. The first-order chi connectivity index (χ1) is 8.60. The highest BCUT2D eigenvalue weighted by atomic mass is 79.9. The van der Waals surface area contributed by atoms with Crippen LogP contribution in [0.25, 0.3) is 0 Å². The zero-order valence-corrected chi connectivity index (χ0v) is 13.5. The Hall–Kier alpha value is -0.540. The number of hydrogen-bond donors (Lipinski definition) is 0. The van der Waals surface area contributed by atoms with Gasteiger partial charge in [0.25, 0.3) is 0 Å². The average molecular weight is 314 g/mol. The molecule has 0 amide bonds. The molecule has 0 saturated heterocycles. The lowest BCUT2D eigenvalue weighted by atomic mass is 10.1. The highest BCUT2D eigenvalue weighted by Crippen LogP contribution is 2.26. The molecular formula is C15H24BrNO. The molecule has 0 radical (unpaired) electrons. The molecule has 1 atom stereocenters. The van der Waals surface area contributed by atoms with Crippen LogP contribution in [0.3, 0.4) is 0 Å². The summed E-state index contributed by atoms with van der Waals surface area (Å²) in [6.45, 7) is 10.0. The van der Waals surface area contributed by atoms with Crippen molar-refractivity contribution in [1.82, 2.24) is 4.90 Å². The summed E-state index contributed by atoms with van der Waals surface area (Å²) in [4.78, 5) is 2.49. The van der Waals surface area contributed by atoms with Gasteiger partial charge in [-0.1, -0.05) is 33.3 Å². The first-order valence-electron chi connectivity index (χ1n) is 6.65. The van der Waals surface area contributed by atoms with Crippen molar-refractivity contribution in [3.05, 3.63) is 28.2 Å². The third kappa shape index (κ3) is 4.62. The number of halogens is 1. The summed E-state index contributed by atoms with van der Waals surface area (Å²) in [6, 6.07) is 6.32. The Balaban J connectivity index is 2.67. The topological polar surface area (TPSA) is 12.5 Å². The van der Waals surface area contributed by atoms with Crippen molar-refractivity contribution < 1.29 is 4.74 Å². The van der Waals surface area contributed by atoms with Gasteiger partial charge in [0.05, 0.1) is 11.6 Å². The van der Waals surface area contributed by atoms with Gasteiger partial charge in [-0.3, -0.25) is 4.90 Å². The Kier molecular flexibility index (Phi) is 6.72. The summed E-state index contributed by atoms with van der Waals surface area (Å²) in [5, 5.41) is 0. The molecule has 0 bridgehead atoms. The van der Waals surface area contributed by atoms with E-state index in [4.69, 9.17) is 4.74 Å². The minimum absolute atomic E-state index is 0.756. The quantitative estimate of drug-likeness (QED) is 0.743. The Morgan fingerprint density at radius 3 is 2.56 bits per heavy atom. The van der Waals surface area contributed by atoms with E-state index in [9.17, 15) is 0 Å². The molecule has 102 valence electrons. The summed E-state index contributed by atoms with van der Waals surface area (Å²) in [5.74, 6) is 1.65. The molecule has 0 aliphatic carbocycles. The molecule has 0 saturated carbocycles. The van der Waals surface area contributed by atoms with Crippen molar-refractivity contribution >= 4 is 15.9 Å². The Morgan fingerprint density at radius 1 is 1.33 bits per heavy atom. The van der Waals surface area contributed by atoms with E-state index in [-0.39, 0.29) is 0 Å². The molecule has 1 aromatic carbocycles. The predicted molar refractivity (Wildman–Crippen MR) is 81.1 cm³/mol. The Morgan fingerprint density at radius 2 is 2.06 bits per heavy atom. The predicted octanol–water partition coefficient (Wildman–Crippen LogP) is 4.33. The van der Waals surface area contributed by atoms with E-state index in [2.05, 4.69) is 53.7 Å². The van der Waals surface area contributed by atoms with Gasteiger partial charge in [0.15, 0.2) is 0 Å². The van der Waals surface area contributed by atoms with E-state index in [1.54, 1.807) is 7.11 Å². The van der Waals surface area contributed by atoms with Gasteiger partial charge in [0, 0.05) is 13.1 Å². The lowest BCUT2D eigenvalue weighted by Gasteiger charge is -2.24. The summed E-state index contributed by atoms with van der Waals surface area (Å²) in [7, 11) is 1.70. The molecule has 0 fully saturated rings. The van der Waals surface area contributed by atoms with Crippen LogP contribution in [0, 0.1) is 5.92 Å². The normalized spacial score (nSPS) is 12.8. The van der Waals surface area contributed by atoms with Crippen molar-refractivity contribution in [2.75, 3.05) is 20.2 Å². The number of rotatable bonds is 7. The van der Waals surface area contributed by atoms with Crippen LogP contribution in [0.1, 0.15) is 32.8 Å². The molecule has 0 aliphatic heterocycles. The van der Waals surface area contributed by atoms with Crippen LogP contribution in [0.5, 0.6) is 5.75 Å². The van der Waals surface area contributed by atoms with Gasteiger partial charge in [-0.2, -0.15) is 0 Å². The fraction of sp³-hybridized carbons (Fsp3) is 0.600. The first kappa shape index (κ1) is 15.5. The molecule has 0 spiro atoms. The van der Waals surface area contributed by atoms with Crippen molar-refractivity contribution in [3.8, 4) is 5.75 Å². The van der Waals surface area contributed by atoms with Crippen LogP contribution >= 0.6 is 15.9 Å². The number of nitrogens with zero attached hydrogens (tertiary/aromatic N) is 1. The number of methoxy groups -OCH3 is 1. The molecule has 2 nitrogen and oxygen atoms in total. The fourth-order valence-corrected chi connectivity index (χ4v) is 2.53. The smallest absolute Gasteiger partial charge is 0.133 e. The van der Waals surface area contributed by atoms with Crippen LogP contribution < -0.4 is 4.74 Å². The SMILES string of the molecule is CCC(C)CN(CC)Cc1ccc(OC)c(Br)c1. The molecule has 0 aromatic heterocycles.